The molecular formula is C9H16N4O2. The number of nitrogens with two attached hydrogens (primary N) is 1. The highest BCUT2D eigenvalue weighted by Gasteiger charge is 2.13. The lowest BCUT2D eigenvalue weighted by atomic mass is 10.2. The average molecular weight is 212 g/mol. The summed E-state index contributed by atoms with van der Waals surface area (Å²) in [7, 11) is 0. The first kappa shape index (κ1) is 11.6. The molecule has 1 aromatic heterocycles. The minimum atomic E-state index is -0.312. The lowest BCUT2D eigenvalue weighted by molar-refractivity contribution is 0.0942. The summed E-state index contributed by atoms with van der Waals surface area (Å²) in [5.41, 5.74) is 5.59. The van der Waals surface area contributed by atoms with Gasteiger partial charge in [-0.3, -0.25) is 4.79 Å². The number of aryl methyl sites for hydroxylation is 1. The second-order valence-electron chi connectivity index (χ2n) is 3.39. The van der Waals surface area contributed by atoms with E-state index in [-0.39, 0.29) is 17.8 Å². The minimum absolute atomic E-state index is 0.0801. The average Bonchev–Trinajstić information content (AvgIpc) is 2.63. The molecule has 1 rings (SSSR count). The second kappa shape index (κ2) is 5.45. The first-order valence-electron chi connectivity index (χ1n) is 4.99. The number of nitrogens with one attached hydrogen (secondary N) is 1. The summed E-state index contributed by atoms with van der Waals surface area (Å²) in [5, 5.41) is 6.17. The molecule has 0 fully saturated rings. The molecule has 0 aromatic carbocycles. The van der Waals surface area contributed by atoms with Gasteiger partial charge in [0.15, 0.2) is 0 Å². The number of hydrogen-bond donors (Lipinski definition) is 2. The molecule has 3 N–H and O–H groups in total. The zero-order chi connectivity index (χ0) is 11.3. The van der Waals surface area contributed by atoms with Gasteiger partial charge in [-0.05, 0) is 20.3 Å². The molecule has 0 bridgehead atoms. The van der Waals surface area contributed by atoms with Crippen LogP contribution >= 0.6 is 0 Å². The Bertz CT molecular complexity index is 322. The van der Waals surface area contributed by atoms with Crippen LogP contribution in [0.5, 0.6) is 0 Å². The molecule has 1 heterocycles. The summed E-state index contributed by atoms with van der Waals surface area (Å²) in [5.74, 6) is 0.221. The molecule has 0 saturated heterocycles. The van der Waals surface area contributed by atoms with Crippen molar-refractivity contribution in [2.75, 3.05) is 6.54 Å². The highest BCUT2D eigenvalue weighted by molar-refractivity contribution is 5.90. The van der Waals surface area contributed by atoms with Crippen molar-refractivity contribution in [1.82, 2.24) is 15.5 Å². The van der Waals surface area contributed by atoms with Gasteiger partial charge < -0.3 is 15.6 Å². The molecule has 0 spiro atoms. The van der Waals surface area contributed by atoms with Crippen molar-refractivity contribution >= 4 is 5.91 Å². The van der Waals surface area contributed by atoms with E-state index in [9.17, 15) is 4.79 Å². The fraction of sp³-hybridized carbons (Fsp3) is 0.667. The maximum Gasteiger partial charge on any atom is 0.292 e. The molecule has 15 heavy (non-hydrogen) atoms. The highest BCUT2D eigenvalue weighted by atomic mass is 16.5. The van der Waals surface area contributed by atoms with E-state index < -0.39 is 0 Å². The van der Waals surface area contributed by atoms with Crippen LogP contribution in [0.15, 0.2) is 4.52 Å². The van der Waals surface area contributed by atoms with Crippen LogP contribution in [-0.2, 0) is 6.42 Å². The maximum absolute atomic E-state index is 11.3. The molecule has 1 aromatic rings. The van der Waals surface area contributed by atoms with Gasteiger partial charge in [0.2, 0.25) is 5.89 Å². The second-order valence-corrected chi connectivity index (χ2v) is 3.39. The van der Waals surface area contributed by atoms with E-state index in [2.05, 4.69) is 15.5 Å². The SMILES string of the molecule is CCNC(=O)c1noc(CCC(C)N)n1. The van der Waals surface area contributed by atoms with Crippen LogP contribution in [0.1, 0.15) is 36.8 Å². The van der Waals surface area contributed by atoms with E-state index in [4.69, 9.17) is 10.3 Å². The third kappa shape index (κ3) is 3.67. The Kier molecular flexibility index (Phi) is 4.23. The van der Waals surface area contributed by atoms with E-state index in [0.717, 1.165) is 6.42 Å². The van der Waals surface area contributed by atoms with Crippen LogP contribution < -0.4 is 11.1 Å². The monoisotopic (exact) mass is 212 g/mol. The molecule has 84 valence electrons. The van der Waals surface area contributed by atoms with Gasteiger partial charge in [0.05, 0.1) is 0 Å². The number of carbonyl (C=O) groups is 1. The van der Waals surface area contributed by atoms with E-state index in [1.165, 1.54) is 0 Å². The van der Waals surface area contributed by atoms with Crippen LogP contribution in [-0.4, -0.2) is 28.6 Å². The molecule has 0 radical (unpaired) electrons. The van der Waals surface area contributed by atoms with Crippen LogP contribution in [0.3, 0.4) is 0 Å². The summed E-state index contributed by atoms with van der Waals surface area (Å²) in [4.78, 5) is 15.2. The van der Waals surface area contributed by atoms with Crippen molar-refractivity contribution < 1.29 is 9.32 Å². The Morgan fingerprint density at radius 1 is 1.67 bits per heavy atom. The molecule has 0 saturated carbocycles. The topological polar surface area (TPSA) is 94.0 Å². The smallest absolute Gasteiger partial charge is 0.292 e. The molecule has 0 aliphatic rings. The lowest BCUT2D eigenvalue weighted by Crippen LogP contribution is -2.23. The van der Waals surface area contributed by atoms with Crippen LogP contribution in [0.2, 0.25) is 0 Å². The Labute approximate surface area is 88.2 Å². The Hall–Kier alpha value is -1.43. The fourth-order valence-corrected chi connectivity index (χ4v) is 1.04. The van der Waals surface area contributed by atoms with E-state index in [0.29, 0.717) is 18.9 Å². The number of amides is 1. The van der Waals surface area contributed by atoms with Crippen molar-refractivity contribution in [3.63, 3.8) is 0 Å². The Morgan fingerprint density at radius 2 is 2.40 bits per heavy atom. The number of nitrogens with zero attached hydrogens (tertiary/aromatic N) is 2. The third-order valence-corrected chi connectivity index (χ3v) is 1.82. The normalized spacial score (nSPS) is 12.5. The van der Waals surface area contributed by atoms with Crippen LogP contribution in [0.4, 0.5) is 0 Å². The summed E-state index contributed by atoms with van der Waals surface area (Å²) < 4.78 is 4.91. The van der Waals surface area contributed by atoms with Crippen molar-refractivity contribution in [1.29, 1.82) is 0 Å². The Morgan fingerprint density at radius 3 is 3.00 bits per heavy atom. The molecule has 1 amide bonds. The van der Waals surface area contributed by atoms with Gasteiger partial charge in [-0.1, -0.05) is 5.16 Å². The number of rotatable bonds is 5. The van der Waals surface area contributed by atoms with Crippen molar-refractivity contribution in [3.8, 4) is 0 Å². The van der Waals surface area contributed by atoms with Crippen LogP contribution in [0, 0.1) is 0 Å². The number of carbonyl (C=O) groups excluding carboxylic acids is 1. The number of aromatic nitrogens is 2. The molecule has 0 aliphatic carbocycles. The number of hydrogen-bond acceptors (Lipinski definition) is 5. The molecular weight excluding hydrogens is 196 g/mol. The summed E-state index contributed by atoms with van der Waals surface area (Å²) in [6.45, 7) is 4.28. The molecule has 0 aliphatic heterocycles. The summed E-state index contributed by atoms with van der Waals surface area (Å²) in [6, 6.07) is 0.0878. The lowest BCUT2D eigenvalue weighted by Gasteiger charge is -1.99. The molecule has 1 unspecified atom stereocenters. The fourth-order valence-electron chi connectivity index (χ4n) is 1.04. The standard InChI is InChI=1S/C9H16N4O2/c1-3-11-9(14)8-12-7(15-13-8)5-4-6(2)10/h6H,3-5,10H2,1-2H3,(H,11,14). The molecule has 6 heteroatoms. The van der Waals surface area contributed by atoms with Gasteiger partial charge in [0.1, 0.15) is 0 Å². The van der Waals surface area contributed by atoms with Crippen LogP contribution in [0.25, 0.3) is 0 Å². The van der Waals surface area contributed by atoms with Crippen molar-refractivity contribution in [2.24, 2.45) is 5.73 Å². The van der Waals surface area contributed by atoms with Gasteiger partial charge in [-0.25, -0.2) is 0 Å². The maximum atomic E-state index is 11.3. The minimum Gasteiger partial charge on any atom is -0.349 e. The van der Waals surface area contributed by atoms with Gasteiger partial charge in [0, 0.05) is 19.0 Å². The predicted molar refractivity (Wildman–Crippen MR) is 54.3 cm³/mol. The third-order valence-electron chi connectivity index (χ3n) is 1.82. The first-order valence-corrected chi connectivity index (χ1v) is 4.99. The molecule has 6 nitrogen and oxygen atoms in total. The van der Waals surface area contributed by atoms with Gasteiger partial charge in [-0.15, -0.1) is 0 Å². The quantitative estimate of drug-likeness (QED) is 0.721. The largest absolute Gasteiger partial charge is 0.349 e. The van der Waals surface area contributed by atoms with Gasteiger partial charge in [0.25, 0.3) is 11.7 Å². The van der Waals surface area contributed by atoms with Crippen molar-refractivity contribution in [3.05, 3.63) is 11.7 Å². The zero-order valence-electron chi connectivity index (χ0n) is 8.99. The Balaban J connectivity index is 2.52. The molecule has 1 atom stereocenters. The summed E-state index contributed by atoms with van der Waals surface area (Å²) in [6.07, 6.45) is 1.36. The van der Waals surface area contributed by atoms with Gasteiger partial charge >= 0.3 is 0 Å². The zero-order valence-corrected chi connectivity index (χ0v) is 8.99. The van der Waals surface area contributed by atoms with Crippen molar-refractivity contribution in [2.45, 2.75) is 32.7 Å². The highest BCUT2D eigenvalue weighted by Crippen LogP contribution is 2.02. The van der Waals surface area contributed by atoms with E-state index >= 15 is 0 Å². The summed E-state index contributed by atoms with van der Waals surface area (Å²) >= 11 is 0. The predicted octanol–water partition coefficient (Wildman–Crippen LogP) is 0.0991. The van der Waals surface area contributed by atoms with E-state index in [1.54, 1.807) is 0 Å². The first-order chi connectivity index (χ1) is 7.13. The van der Waals surface area contributed by atoms with Gasteiger partial charge in [-0.2, -0.15) is 4.98 Å². The van der Waals surface area contributed by atoms with E-state index in [1.807, 2.05) is 13.8 Å².